The summed E-state index contributed by atoms with van der Waals surface area (Å²) in [4.78, 5) is 17.1. The predicted octanol–water partition coefficient (Wildman–Crippen LogP) is 5.70. The molecule has 1 heterocycles. The number of rotatable bonds is 7. The molecule has 0 atom stereocenters. The van der Waals surface area contributed by atoms with Gasteiger partial charge in [-0.2, -0.15) is 5.26 Å². The van der Waals surface area contributed by atoms with Crippen molar-refractivity contribution in [1.29, 1.82) is 5.26 Å². The van der Waals surface area contributed by atoms with Crippen molar-refractivity contribution in [2.45, 2.75) is 64.2 Å². The second kappa shape index (κ2) is 10.2. The molecule has 152 valence electrons. The number of nitriles is 1. The number of unbranched alkanes of at least 4 members (excludes halogenated alkanes) is 2. The van der Waals surface area contributed by atoms with Crippen LogP contribution in [0.1, 0.15) is 74.6 Å². The Hall–Kier alpha value is -2.74. The van der Waals surface area contributed by atoms with Crippen molar-refractivity contribution in [1.82, 2.24) is 4.98 Å². The van der Waals surface area contributed by atoms with Gasteiger partial charge in [-0.05, 0) is 68.4 Å². The standard InChI is InChI=1S/C24H27FN2O2/c1-2-3-4-5-17-6-12-22(27-16-17)19-8-10-20(11-9-19)24(28)29-23-13-7-18(15-26)14-21(23)25/h6-7,12-14,16,19-20H,2-5,8-11H2,1H3. The van der Waals surface area contributed by atoms with E-state index in [1.54, 1.807) is 0 Å². The molecule has 0 spiro atoms. The fraction of sp³-hybridized carbons (Fsp3) is 0.458. The third-order valence-corrected chi connectivity index (χ3v) is 5.67. The third kappa shape index (κ3) is 5.63. The number of hydrogen-bond donors (Lipinski definition) is 0. The number of aryl methyl sites for hydroxylation is 1. The topological polar surface area (TPSA) is 63.0 Å². The molecular formula is C24H27FN2O2. The molecule has 0 unspecified atom stereocenters. The Kier molecular flexibility index (Phi) is 7.35. The normalized spacial score (nSPS) is 18.8. The molecule has 1 aromatic carbocycles. The molecule has 5 heteroatoms. The van der Waals surface area contributed by atoms with Gasteiger partial charge in [0.15, 0.2) is 11.6 Å². The number of pyridine rings is 1. The minimum Gasteiger partial charge on any atom is -0.423 e. The van der Waals surface area contributed by atoms with Crippen LogP contribution in [0.5, 0.6) is 5.75 Å². The van der Waals surface area contributed by atoms with Crippen LogP contribution >= 0.6 is 0 Å². The van der Waals surface area contributed by atoms with Crippen LogP contribution in [0.4, 0.5) is 4.39 Å². The number of aromatic nitrogens is 1. The first-order valence-electron chi connectivity index (χ1n) is 10.5. The minimum atomic E-state index is -0.686. The molecule has 1 fully saturated rings. The average Bonchev–Trinajstić information content (AvgIpc) is 2.76. The van der Waals surface area contributed by atoms with Gasteiger partial charge in [0.25, 0.3) is 0 Å². The van der Waals surface area contributed by atoms with Gasteiger partial charge in [-0.15, -0.1) is 0 Å². The fourth-order valence-electron chi connectivity index (χ4n) is 3.87. The zero-order chi connectivity index (χ0) is 20.6. The number of carbonyl (C=O) groups is 1. The lowest BCUT2D eigenvalue weighted by atomic mass is 9.80. The molecule has 0 N–H and O–H groups in total. The molecule has 1 aliphatic rings. The summed E-state index contributed by atoms with van der Waals surface area (Å²) in [6, 6.07) is 10.0. The Morgan fingerprint density at radius 1 is 1.21 bits per heavy atom. The van der Waals surface area contributed by atoms with Gasteiger partial charge in [0, 0.05) is 17.8 Å². The Balaban J connectivity index is 1.51. The molecule has 1 aliphatic carbocycles. The van der Waals surface area contributed by atoms with E-state index in [2.05, 4.69) is 24.0 Å². The van der Waals surface area contributed by atoms with Gasteiger partial charge in [0.2, 0.25) is 0 Å². The first kappa shape index (κ1) is 21.0. The third-order valence-electron chi connectivity index (χ3n) is 5.67. The lowest BCUT2D eigenvalue weighted by molar-refractivity contribution is -0.140. The summed E-state index contributed by atoms with van der Waals surface area (Å²) in [5.41, 5.74) is 2.57. The van der Waals surface area contributed by atoms with Crippen LogP contribution in [0, 0.1) is 23.1 Å². The second-order valence-corrected chi connectivity index (χ2v) is 7.78. The van der Waals surface area contributed by atoms with E-state index in [1.165, 1.54) is 37.0 Å². The Morgan fingerprint density at radius 2 is 2.00 bits per heavy atom. The van der Waals surface area contributed by atoms with E-state index < -0.39 is 11.8 Å². The number of esters is 1. The summed E-state index contributed by atoms with van der Waals surface area (Å²) >= 11 is 0. The molecular weight excluding hydrogens is 367 g/mol. The highest BCUT2D eigenvalue weighted by Gasteiger charge is 2.29. The highest BCUT2D eigenvalue weighted by Crippen LogP contribution is 2.36. The van der Waals surface area contributed by atoms with E-state index in [1.807, 2.05) is 12.3 Å². The number of ether oxygens (including phenoxy) is 1. The number of nitrogens with zero attached hydrogens (tertiary/aromatic N) is 2. The Bertz CT molecular complexity index is 865. The van der Waals surface area contributed by atoms with Crippen molar-refractivity contribution in [3.05, 3.63) is 59.2 Å². The molecule has 29 heavy (non-hydrogen) atoms. The lowest BCUT2D eigenvalue weighted by Crippen LogP contribution is -2.25. The summed E-state index contributed by atoms with van der Waals surface area (Å²) in [7, 11) is 0. The summed E-state index contributed by atoms with van der Waals surface area (Å²) in [6.45, 7) is 2.20. The average molecular weight is 394 g/mol. The van der Waals surface area contributed by atoms with Crippen LogP contribution < -0.4 is 4.74 Å². The van der Waals surface area contributed by atoms with Crippen LogP contribution in [0.15, 0.2) is 36.5 Å². The van der Waals surface area contributed by atoms with Crippen molar-refractivity contribution in [3.63, 3.8) is 0 Å². The van der Waals surface area contributed by atoms with Crippen molar-refractivity contribution in [2.24, 2.45) is 5.92 Å². The fourth-order valence-corrected chi connectivity index (χ4v) is 3.87. The highest BCUT2D eigenvalue weighted by atomic mass is 19.1. The maximum absolute atomic E-state index is 13.9. The van der Waals surface area contributed by atoms with Gasteiger partial charge in [-0.25, -0.2) is 4.39 Å². The van der Waals surface area contributed by atoms with Gasteiger partial charge in [0.1, 0.15) is 0 Å². The molecule has 0 radical (unpaired) electrons. The van der Waals surface area contributed by atoms with Crippen molar-refractivity contribution in [3.8, 4) is 11.8 Å². The molecule has 2 aromatic rings. The Morgan fingerprint density at radius 3 is 2.62 bits per heavy atom. The monoisotopic (exact) mass is 394 g/mol. The number of carbonyl (C=O) groups excluding carboxylic acids is 1. The van der Waals surface area contributed by atoms with Gasteiger partial charge < -0.3 is 4.74 Å². The van der Waals surface area contributed by atoms with Crippen LogP contribution in [0.3, 0.4) is 0 Å². The molecule has 0 saturated heterocycles. The maximum Gasteiger partial charge on any atom is 0.314 e. The largest absolute Gasteiger partial charge is 0.423 e. The van der Waals surface area contributed by atoms with Gasteiger partial charge >= 0.3 is 5.97 Å². The van der Waals surface area contributed by atoms with E-state index in [-0.39, 0.29) is 17.2 Å². The van der Waals surface area contributed by atoms with Crippen LogP contribution in [-0.4, -0.2) is 11.0 Å². The summed E-state index contributed by atoms with van der Waals surface area (Å²) in [5.74, 6) is -1.07. The number of halogens is 1. The van der Waals surface area contributed by atoms with E-state index in [4.69, 9.17) is 10.00 Å². The first-order chi connectivity index (χ1) is 14.1. The number of hydrogen-bond acceptors (Lipinski definition) is 4. The predicted molar refractivity (Wildman–Crippen MR) is 109 cm³/mol. The first-order valence-corrected chi connectivity index (χ1v) is 10.5. The SMILES string of the molecule is CCCCCc1ccc(C2CCC(C(=O)Oc3ccc(C#N)cc3F)CC2)nc1. The van der Waals surface area contributed by atoms with Crippen molar-refractivity contribution in [2.75, 3.05) is 0 Å². The van der Waals surface area contributed by atoms with Gasteiger partial charge in [-0.1, -0.05) is 25.8 Å². The van der Waals surface area contributed by atoms with E-state index in [0.717, 1.165) is 31.0 Å². The van der Waals surface area contributed by atoms with E-state index in [9.17, 15) is 9.18 Å². The quantitative estimate of drug-likeness (QED) is 0.343. The summed E-state index contributed by atoms with van der Waals surface area (Å²) in [6.07, 6.45) is 9.89. The second-order valence-electron chi connectivity index (χ2n) is 7.78. The van der Waals surface area contributed by atoms with Gasteiger partial charge in [-0.3, -0.25) is 9.78 Å². The van der Waals surface area contributed by atoms with E-state index in [0.29, 0.717) is 18.8 Å². The maximum atomic E-state index is 13.9. The zero-order valence-electron chi connectivity index (χ0n) is 16.9. The molecule has 0 bridgehead atoms. The molecule has 1 aromatic heterocycles. The van der Waals surface area contributed by atoms with Crippen molar-refractivity contribution >= 4 is 5.97 Å². The van der Waals surface area contributed by atoms with E-state index >= 15 is 0 Å². The minimum absolute atomic E-state index is 0.114. The smallest absolute Gasteiger partial charge is 0.314 e. The Labute approximate surface area is 171 Å². The molecule has 1 saturated carbocycles. The number of benzene rings is 1. The van der Waals surface area contributed by atoms with Gasteiger partial charge in [0.05, 0.1) is 17.6 Å². The zero-order valence-corrected chi connectivity index (χ0v) is 16.9. The van der Waals surface area contributed by atoms with Crippen LogP contribution in [0.25, 0.3) is 0 Å². The highest BCUT2D eigenvalue weighted by molar-refractivity contribution is 5.75. The molecule has 0 aliphatic heterocycles. The van der Waals surface area contributed by atoms with Crippen molar-refractivity contribution < 1.29 is 13.9 Å². The molecule has 0 amide bonds. The lowest BCUT2D eigenvalue weighted by Gasteiger charge is -2.27. The van der Waals surface area contributed by atoms with Crippen LogP contribution in [-0.2, 0) is 11.2 Å². The molecule has 4 nitrogen and oxygen atoms in total. The summed E-state index contributed by atoms with van der Waals surface area (Å²) in [5, 5.41) is 8.79. The molecule has 3 rings (SSSR count). The van der Waals surface area contributed by atoms with Crippen LogP contribution in [0.2, 0.25) is 0 Å². The summed E-state index contributed by atoms with van der Waals surface area (Å²) < 4.78 is 19.2.